The van der Waals surface area contributed by atoms with Gasteiger partial charge in [-0.15, -0.1) is 0 Å². The summed E-state index contributed by atoms with van der Waals surface area (Å²) in [6, 6.07) is 13.2. The SMILES string of the molecule is CC[C@@H](C(=O)N1CCc2nc(N3CCCCC3)nc(Oc3ccc(F)c(F)c3)c2C1)c1ccccc1. The number of benzene rings is 2. The van der Waals surface area contributed by atoms with Crippen LogP contribution in [-0.2, 0) is 17.8 Å². The Bertz CT molecular complexity index is 1230. The molecule has 5 rings (SSSR count). The van der Waals surface area contributed by atoms with Gasteiger partial charge < -0.3 is 14.5 Å². The predicted octanol–water partition coefficient (Wildman–Crippen LogP) is 5.62. The van der Waals surface area contributed by atoms with Crippen LogP contribution < -0.4 is 9.64 Å². The number of aromatic nitrogens is 2. The minimum atomic E-state index is -0.989. The lowest BCUT2D eigenvalue weighted by Crippen LogP contribution is -2.40. The molecule has 0 spiro atoms. The van der Waals surface area contributed by atoms with Crippen molar-refractivity contribution in [2.45, 2.75) is 51.5 Å². The van der Waals surface area contributed by atoms with Crippen LogP contribution in [0.3, 0.4) is 0 Å². The molecule has 0 N–H and O–H groups in total. The van der Waals surface area contributed by atoms with Gasteiger partial charge >= 0.3 is 0 Å². The number of carbonyl (C=O) groups excluding carboxylic acids is 1. The van der Waals surface area contributed by atoms with Crippen molar-refractivity contribution in [2.75, 3.05) is 24.5 Å². The molecule has 1 fully saturated rings. The molecule has 0 unspecified atom stereocenters. The van der Waals surface area contributed by atoms with Gasteiger partial charge in [0.25, 0.3) is 0 Å². The van der Waals surface area contributed by atoms with Crippen molar-refractivity contribution >= 4 is 11.9 Å². The van der Waals surface area contributed by atoms with Gasteiger partial charge in [0, 0.05) is 32.1 Å². The van der Waals surface area contributed by atoms with Crippen molar-refractivity contribution in [1.82, 2.24) is 14.9 Å². The molecule has 0 aliphatic carbocycles. The third-order valence-electron chi connectivity index (χ3n) is 6.97. The number of rotatable bonds is 6. The van der Waals surface area contributed by atoms with Crippen LogP contribution in [0.15, 0.2) is 48.5 Å². The first-order valence-corrected chi connectivity index (χ1v) is 12.6. The van der Waals surface area contributed by atoms with Crippen molar-refractivity contribution in [1.29, 1.82) is 0 Å². The lowest BCUT2D eigenvalue weighted by Gasteiger charge is -2.33. The Labute approximate surface area is 209 Å². The van der Waals surface area contributed by atoms with Gasteiger partial charge in [0.2, 0.25) is 17.7 Å². The second kappa shape index (κ2) is 10.6. The first-order chi connectivity index (χ1) is 17.5. The van der Waals surface area contributed by atoms with Crippen LogP contribution in [0.4, 0.5) is 14.7 Å². The van der Waals surface area contributed by atoms with E-state index in [1.54, 1.807) is 0 Å². The summed E-state index contributed by atoms with van der Waals surface area (Å²) in [7, 11) is 0. The van der Waals surface area contributed by atoms with E-state index in [-0.39, 0.29) is 23.5 Å². The summed E-state index contributed by atoms with van der Waals surface area (Å²) >= 11 is 0. The van der Waals surface area contributed by atoms with Crippen molar-refractivity contribution < 1.29 is 18.3 Å². The van der Waals surface area contributed by atoms with Gasteiger partial charge in [-0.2, -0.15) is 4.98 Å². The number of nitrogens with zero attached hydrogens (tertiary/aromatic N) is 4. The van der Waals surface area contributed by atoms with Crippen molar-refractivity contribution in [3.8, 4) is 11.6 Å². The Morgan fingerprint density at radius 3 is 2.50 bits per heavy atom. The van der Waals surface area contributed by atoms with Gasteiger partial charge in [-0.05, 0) is 43.4 Å². The van der Waals surface area contributed by atoms with Gasteiger partial charge in [0.15, 0.2) is 11.6 Å². The lowest BCUT2D eigenvalue weighted by molar-refractivity contribution is -0.133. The topological polar surface area (TPSA) is 58.6 Å². The predicted molar refractivity (Wildman–Crippen MR) is 133 cm³/mol. The first-order valence-electron chi connectivity index (χ1n) is 12.6. The Morgan fingerprint density at radius 2 is 1.78 bits per heavy atom. The monoisotopic (exact) mass is 492 g/mol. The summed E-state index contributed by atoms with van der Waals surface area (Å²) in [5.74, 6) is -1.09. The third-order valence-corrected chi connectivity index (χ3v) is 6.97. The van der Waals surface area contributed by atoms with E-state index in [1.165, 1.54) is 12.5 Å². The summed E-state index contributed by atoms with van der Waals surface area (Å²) in [6.45, 7) is 4.60. The highest BCUT2D eigenvalue weighted by Gasteiger charge is 2.31. The van der Waals surface area contributed by atoms with Crippen molar-refractivity contribution in [2.24, 2.45) is 0 Å². The molecule has 8 heteroatoms. The van der Waals surface area contributed by atoms with E-state index < -0.39 is 11.6 Å². The quantitative estimate of drug-likeness (QED) is 0.447. The molecule has 188 valence electrons. The molecule has 1 atom stereocenters. The molecule has 2 aromatic carbocycles. The normalized spacial score (nSPS) is 16.4. The molecule has 0 bridgehead atoms. The zero-order valence-corrected chi connectivity index (χ0v) is 20.4. The summed E-state index contributed by atoms with van der Waals surface area (Å²) in [5.41, 5.74) is 2.54. The van der Waals surface area contributed by atoms with Crippen molar-refractivity contribution in [3.63, 3.8) is 0 Å². The number of ether oxygens (including phenoxy) is 1. The molecule has 1 aromatic heterocycles. The minimum absolute atomic E-state index is 0.0493. The smallest absolute Gasteiger partial charge is 0.230 e. The maximum atomic E-state index is 13.9. The maximum absolute atomic E-state index is 13.9. The van der Waals surface area contributed by atoms with Gasteiger partial charge in [0.05, 0.1) is 23.7 Å². The van der Waals surface area contributed by atoms with Gasteiger partial charge in [0.1, 0.15) is 5.75 Å². The molecule has 6 nitrogen and oxygen atoms in total. The Kier molecular flexibility index (Phi) is 7.11. The summed E-state index contributed by atoms with van der Waals surface area (Å²) < 4.78 is 33.4. The largest absolute Gasteiger partial charge is 0.438 e. The highest BCUT2D eigenvalue weighted by molar-refractivity contribution is 5.84. The van der Waals surface area contributed by atoms with Crippen LogP contribution in [0.1, 0.15) is 55.3 Å². The number of fused-ring (bicyclic) bond motifs is 1. The molecule has 0 radical (unpaired) electrons. The fraction of sp³-hybridized carbons (Fsp3) is 0.393. The standard InChI is InChI=1S/C28H30F2N4O2/c1-2-21(19-9-5-3-6-10-19)27(35)34-16-13-25-22(18-34)26(36-20-11-12-23(29)24(30)17-20)32-28(31-25)33-14-7-4-8-15-33/h3,5-6,9-12,17,21H,2,4,7-8,13-16,18H2,1H3/t21-/m1/s1. The zero-order valence-electron chi connectivity index (χ0n) is 20.4. The van der Waals surface area contributed by atoms with Crippen LogP contribution >= 0.6 is 0 Å². The lowest BCUT2D eigenvalue weighted by atomic mass is 9.94. The number of hydrogen-bond donors (Lipinski definition) is 0. The average Bonchev–Trinajstić information content (AvgIpc) is 2.92. The van der Waals surface area contributed by atoms with Crippen LogP contribution in [0, 0.1) is 11.6 Å². The van der Waals surface area contributed by atoms with Gasteiger partial charge in [-0.1, -0.05) is 37.3 Å². The second-order valence-corrected chi connectivity index (χ2v) is 9.36. The number of carbonyl (C=O) groups is 1. The zero-order chi connectivity index (χ0) is 25.1. The number of amides is 1. The van der Waals surface area contributed by atoms with E-state index in [0.717, 1.165) is 49.3 Å². The van der Waals surface area contributed by atoms with Crippen LogP contribution in [0.2, 0.25) is 0 Å². The Balaban J connectivity index is 1.47. The molecule has 3 aromatic rings. The van der Waals surface area contributed by atoms with Crippen LogP contribution in [0.25, 0.3) is 0 Å². The molecule has 3 heterocycles. The number of halogens is 2. The molecule has 2 aliphatic rings. The fourth-order valence-corrected chi connectivity index (χ4v) is 4.99. The van der Waals surface area contributed by atoms with Crippen LogP contribution in [0.5, 0.6) is 11.6 Å². The van der Waals surface area contributed by atoms with Gasteiger partial charge in [-0.25, -0.2) is 13.8 Å². The van der Waals surface area contributed by atoms with E-state index in [9.17, 15) is 13.6 Å². The van der Waals surface area contributed by atoms with E-state index in [0.29, 0.717) is 37.4 Å². The molecule has 0 saturated carbocycles. The van der Waals surface area contributed by atoms with Crippen molar-refractivity contribution in [3.05, 3.63) is 77.0 Å². The average molecular weight is 493 g/mol. The first kappa shape index (κ1) is 24.2. The Hall–Kier alpha value is -3.55. The molecule has 36 heavy (non-hydrogen) atoms. The number of hydrogen-bond acceptors (Lipinski definition) is 5. The van der Waals surface area contributed by atoms with E-state index in [1.807, 2.05) is 42.2 Å². The van der Waals surface area contributed by atoms with E-state index in [2.05, 4.69) is 4.90 Å². The summed E-state index contributed by atoms with van der Waals surface area (Å²) in [4.78, 5) is 27.1. The van der Waals surface area contributed by atoms with Crippen LogP contribution in [-0.4, -0.2) is 40.4 Å². The summed E-state index contributed by atoms with van der Waals surface area (Å²) in [5, 5.41) is 0. The third kappa shape index (κ3) is 5.03. The maximum Gasteiger partial charge on any atom is 0.230 e. The second-order valence-electron chi connectivity index (χ2n) is 9.36. The molecule has 1 saturated heterocycles. The molecular formula is C28H30F2N4O2. The van der Waals surface area contributed by atoms with E-state index in [4.69, 9.17) is 14.7 Å². The Morgan fingerprint density at radius 1 is 1.00 bits per heavy atom. The van der Waals surface area contributed by atoms with E-state index >= 15 is 0 Å². The molecule has 2 aliphatic heterocycles. The summed E-state index contributed by atoms with van der Waals surface area (Å²) in [6.07, 6.45) is 4.58. The highest BCUT2D eigenvalue weighted by atomic mass is 19.2. The number of anilines is 1. The highest BCUT2D eigenvalue weighted by Crippen LogP contribution is 2.34. The number of piperidine rings is 1. The molecular weight excluding hydrogens is 462 g/mol. The molecule has 1 amide bonds. The minimum Gasteiger partial charge on any atom is -0.438 e. The fourth-order valence-electron chi connectivity index (χ4n) is 4.99. The van der Waals surface area contributed by atoms with Gasteiger partial charge in [-0.3, -0.25) is 4.79 Å².